The van der Waals surface area contributed by atoms with Crippen LogP contribution in [0.3, 0.4) is 0 Å². The predicted octanol–water partition coefficient (Wildman–Crippen LogP) is 2.65. The van der Waals surface area contributed by atoms with Crippen molar-refractivity contribution in [3.05, 3.63) is 33.3 Å². The molecule has 1 aliphatic carbocycles. The summed E-state index contributed by atoms with van der Waals surface area (Å²) in [5.41, 5.74) is -0.643. The van der Waals surface area contributed by atoms with E-state index in [0.29, 0.717) is 6.42 Å². The minimum absolute atomic E-state index is 0.0498. The molecular weight excluding hydrogens is 372 g/mol. The first-order valence-corrected chi connectivity index (χ1v) is 9.76. The van der Waals surface area contributed by atoms with Crippen LogP contribution >= 0.6 is 11.6 Å². The van der Waals surface area contributed by atoms with Crippen molar-refractivity contribution < 1.29 is 23.2 Å². The summed E-state index contributed by atoms with van der Waals surface area (Å²) in [6.45, 7) is 0. The van der Waals surface area contributed by atoms with Crippen molar-refractivity contribution in [3.63, 3.8) is 0 Å². The Kier molecular flexibility index (Phi) is 4.74. The van der Waals surface area contributed by atoms with Crippen LogP contribution in [0.1, 0.15) is 32.1 Å². The van der Waals surface area contributed by atoms with Crippen molar-refractivity contribution in [2.45, 2.75) is 49.1 Å². The first-order valence-electron chi connectivity index (χ1n) is 7.94. The largest absolute Gasteiger partial charge is 0.480 e. The lowest BCUT2D eigenvalue weighted by Gasteiger charge is -2.32. The van der Waals surface area contributed by atoms with Gasteiger partial charge in [-0.1, -0.05) is 30.5 Å². The van der Waals surface area contributed by atoms with Crippen LogP contribution in [0.25, 0.3) is 0 Å². The van der Waals surface area contributed by atoms with Gasteiger partial charge >= 0.3 is 5.97 Å². The topological polar surface area (TPSA) is 118 Å². The number of nitro groups is 1. The van der Waals surface area contributed by atoms with E-state index in [2.05, 4.69) is 0 Å². The maximum Gasteiger partial charge on any atom is 0.322 e. The van der Waals surface area contributed by atoms with Gasteiger partial charge in [0.2, 0.25) is 0 Å². The summed E-state index contributed by atoms with van der Waals surface area (Å²) < 4.78 is 27.4. The summed E-state index contributed by atoms with van der Waals surface area (Å²) in [6, 6.07) is 1.92. The molecule has 2 aliphatic rings. The highest BCUT2D eigenvalue weighted by molar-refractivity contribution is 7.89. The smallest absolute Gasteiger partial charge is 0.322 e. The van der Waals surface area contributed by atoms with E-state index in [1.807, 2.05) is 0 Å². The van der Waals surface area contributed by atoms with Crippen LogP contribution < -0.4 is 0 Å². The van der Waals surface area contributed by atoms with Crippen molar-refractivity contribution in [1.29, 1.82) is 0 Å². The number of carbonyl (C=O) groups is 1. The second-order valence-corrected chi connectivity index (χ2v) is 8.57. The molecule has 0 spiro atoms. The summed E-state index contributed by atoms with van der Waals surface area (Å²) in [5.74, 6) is -1.29. The molecule has 0 aromatic heterocycles. The fourth-order valence-corrected chi connectivity index (χ4v) is 6.52. The number of sulfonamides is 1. The molecule has 1 aliphatic heterocycles. The molecule has 1 N–H and O–H groups in total. The number of fused-ring (bicyclic) bond motifs is 1. The van der Waals surface area contributed by atoms with E-state index < -0.39 is 43.6 Å². The Labute approximate surface area is 149 Å². The Hall–Kier alpha value is -1.71. The fraction of sp³-hybridized carbons (Fsp3) is 0.533. The zero-order valence-electron chi connectivity index (χ0n) is 13.2. The van der Waals surface area contributed by atoms with E-state index in [0.717, 1.165) is 29.6 Å². The molecule has 1 heterocycles. The van der Waals surface area contributed by atoms with E-state index >= 15 is 0 Å². The Balaban J connectivity index is 2.16. The lowest BCUT2D eigenvalue weighted by molar-refractivity contribution is -0.387. The minimum atomic E-state index is -4.43. The van der Waals surface area contributed by atoms with Crippen LogP contribution in [0.5, 0.6) is 0 Å². The van der Waals surface area contributed by atoms with Crippen molar-refractivity contribution in [3.8, 4) is 0 Å². The molecule has 136 valence electrons. The van der Waals surface area contributed by atoms with Gasteiger partial charge in [0.05, 0.1) is 9.95 Å². The zero-order chi connectivity index (χ0) is 18.4. The Bertz CT molecular complexity index is 827. The number of halogens is 1. The molecule has 0 radical (unpaired) electrons. The summed E-state index contributed by atoms with van der Waals surface area (Å²) in [5, 5.41) is 20.5. The van der Waals surface area contributed by atoms with E-state index in [4.69, 9.17) is 11.6 Å². The van der Waals surface area contributed by atoms with Gasteiger partial charge in [-0.25, -0.2) is 8.42 Å². The third-order valence-corrected chi connectivity index (χ3v) is 7.44. The molecule has 0 bridgehead atoms. The van der Waals surface area contributed by atoms with Gasteiger partial charge in [-0.05, 0) is 31.2 Å². The van der Waals surface area contributed by atoms with E-state index in [9.17, 15) is 28.4 Å². The summed E-state index contributed by atoms with van der Waals surface area (Å²) in [6.07, 6.45) is 3.24. The van der Waals surface area contributed by atoms with Crippen LogP contribution in [0, 0.1) is 16.0 Å². The molecule has 10 heteroatoms. The lowest BCUT2D eigenvalue weighted by Crippen LogP contribution is -2.46. The van der Waals surface area contributed by atoms with Crippen LogP contribution in [-0.4, -0.2) is 40.8 Å². The van der Waals surface area contributed by atoms with Crippen LogP contribution in [-0.2, 0) is 14.8 Å². The van der Waals surface area contributed by atoms with Crippen molar-refractivity contribution in [2.75, 3.05) is 0 Å². The molecule has 1 aromatic rings. The molecule has 0 amide bonds. The average Bonchev–Trinajstić information content (AvgIpc) is 2.94. The summed E-state index contributed by atoms with van der Waals surface area (Å²) in [4.78, 5) is 21.5. The molecule has 1 saturated carbocycles. The molecular formula is C15H17ClN2O6S. The monoisotopic (exact) mass is 388 g/mol. The second kappa shape index (κ2) is 6.54. The van der Waals surface area contributed by atoms with E-state index in [1.165, 1.54) is 12.1 Å². The predicted molar refractivity (Wildman–Crippen MR) is 88.9 cm³/mol. The first kappa shape index (κ1) is 18.1. The standard InChI is InChI=1S/C15H17ClN2O6S/c16-10-5-3-7-12(18(21)22)14(10)25(23,24)17-11-6-2-1-4-9(11)8-13(17)15(19)20/h3,5,7,9,11,13H,1-2,4,6,8H2,(H,19,20). The van der Waals surface area contributed by atoms with Crippen molar-refractivity contribution in [1.82, 2.24) is 4.31 Å². The van der Waals surface area contributed by atoms with Gasteiger partial charge in [0.15, 0.2) is 4.90 Å². The van der Waals surface area contributed by atoms with Gasteiger partial charge in [0.1, 0.15) is 6.04 Å². The zero-order valence-corrected chi connectivity index (χ0v) is 14.7. The highest BCUT2D eigenvalue weighted by atomic mass is 35.5. The van der Waals surface area contributed by atoms with Gasteiger partial charge in [0, 0.05) is 12.1 Å². The number of nitrogens with zero attached hydrogens (tertiary/aromatic N) is 2. The van der Waals surface area contributed by atoms with Gasteiger partial charge < -0.3 is 5.11 Å². The maximum absolute atomic E-state index is 13.2. The Morgan fingerprint density at radius 1 is 1.32 bits per heavy atom. The number of nitro benzene ring substituents is 1. The van der Waals surface area contributed by atoms with E-state index in [-0.39, 0.29) is 17.4 Å². The number of benzene rings is 1. The molecule has 2 fully saturated rings. The van der Waals surface area contributed by atoms with Gasteiger partial charge in [0.25, 0.3) is 15.7 Å². The number of hydrogen-bond donors (Lipinski definition) is 1. The number of aliphatic carboxylic acids is 1. The van der Waals surface area contributed by atoms with Gasteiger partial charge in [-0.2, -0.15) is 4.31 Å². The Morgan fingerprint density at radius 3 is 2.64 bits per heavy atom. The normalized spacial score (nSPS) is 27.0. The van der Waals surface area contributed by atoms with Crippen LogP contribution in [0.4, 0.5) is 5.69 Å². The number of rotatable bonds is 4. The first-order chi connectivity index (χ1) is 11.7. The van der Waals surface area contributed by atoms with Crippen molar-refractivity contribution in [2.24, 2.45) is 5.92 Å². The maximum atomic E-state index is 13.2. The molecule has 3 unspecified atom stereocenters. The summed E-state index contributed by atoms with van der Waals surface area (Å²) >= 11 is 5.98. The number of hydrogen-bond acceptors (Lipinski definition) is 5. The van der Waals surface area contributed by atoms with Crippen molar-refractivity contribution >= 4 is 33.3 Å². The highest BCUT2D eigenvalue weighted by Gasteiger charge is 2.52. The number of carboxylic acid groups (broad SMARTS) is 1. The third-order valence-electron chi connectivity index (χ3n) is 4.99. The Morgan fingerprint density at radius 2 is 2.00 bits per heavy atom. The quantitative estimate of drug-likeness (QED) is 0.625. The SMILES string of the molecule is O=C(O)C1CC2CCCCC2N1S(=O)(=O)c1c(Cl)cccc1[N+](=O)[O-]. The van der Waals surface area contributed by atoms with E-state index in [1.54, 1.807) is 0 Å². The minimum Gasteiger partial charge on any atom is -0.480 e. The molecule has 1 aromatic carbocycles. The third kappa shape index (κ3) is 3.00. The molecule has 25 heavy (non-hydrogen) atoms. The second-order valence-electron chi connectivity index (χ2n) is 6.38. The highest BCUT2D eigenvalue weighted by Crippen LogP contribution is 2.45. The lowest BCUT2D eigenvalue weighted by atomic mass is 9.85. The van der Waals surface area contributed by atoms with Gasteiger partial charge in [-0.15, -0.1) is 0 Å². The molecule has 3 rings (SSSR count). The molecule has 1 saturated heterocycles. The average molecular weight is 389 g/mol. The summed E-state index contributed by atoms with van der Waals surface area (Å²) in [7, 11) is -4.43. The van der Waals surface area contributed by atoms with Crippen LogP contribution in [0.2, 0.25) is 5.02 Å². The van der Waals surface area contributed by atoms with Crippen LogP contribution in [0.15, 0.2) is 23.1 Å². The van der Waals surface area contributed by atoms with Gasteiger partial charge in [-0.3, -0.25) is 14.9 Å². The number of carboxylic acids is 1. The molecule has 3 atom stereocenters. The molecule has 8 nitrogen and oxygen atoms in total. The fourth-order valence-electron chi connectivity index (χ4n) is 3.98.